The van der Waals surface area contributed by atoms with Crippen LogP contribution in [0.3, 0.4) is 0 Å². The third-order valence-electron chi connectivity index (χ3n) is 4.37. The summed E-state index contributed by atoms with van der Waals surface area (Å²) >= 11 is 5.43. The highest BCUT2D eigenvalue weighted by atomic mass is 32.1. The number of carbonyl (C=O) groups is 1. The molecule has 0 unspecified atom stereocenters. The summed E-state index contributed by atoms with van der Waals surface area (Å²) in [6.07, 6.45) is 3.68. The van der Waals surface area contributed by atoms with Gasteiger partial charge in [-0.05, 0) is 25.0 Å². The molecule has 1 aromatic heterocycles. The minimum Gasteiger partial charge on any atom is -0.494 e. The van der Waals surface area contributed by atoms with Gasteiger partial charge in [-0.2, -0.15) is 0 Å². The number of rotatable bonds is 4. The smallest absolute Gasteiger partial charge is 0.254 e. The zero-order valence-corrected chi connectivity index (χ0v) is 15.2. The number of anilines is 3. The third kappa shape index (κ3) is 2.82. The molecule has 2 heterocycles. The largest absolute Gasteiger partial charge is 0.494 e. The number of nitrogens with one attached hydrogen (secondary N) is 3. The number of aromatic nitrogens is 1. The van der Waals surface area contributed by atoms with Crippen molar-refractivity contribution in [3.05, 3.63) is 30.0 Å². The van der Waals surface area contributed by atoms with E-state index in [0.29, 0.717) is 45.9 Å². The first kappa shape index (κ1) is 16.6. The first-order valence-corrected chi connectivity index (χ1v) is 8.71. The molecule has 0 radical (unpaired) electrons. The lowest BCUT2D eigenvalue weighted by atomic mass is 10.1. The summed E-state index contributed by atoms with van der Waals surface area (Å²) < 4.78 is 11.5. The van der Waals surface area contributed by atoms with E-state index in [2.05, 4.69) is 20.9 Å². The molecular formula is C18H18N4O3S. The molecule has 2 aromatic rings. The molecule has 1 saturated carbocycles. The highest BCUT2D eigenvalue weighted by Gasteiger charge is 2.31. The Morgan fingerprint density at radius 2 is 2.19 bits per heavy atom. The predicted molar refractivity (Wildman–Crippen MR) is 103 cm³/mol. The van der Waals surface area contributed by atoms with Gasteiger partial charge in [0.05, 0.1) is 17.7 Å². The molecule has 0 saturated heterocycles. The number of hydrogen-bond acceptors (Lipinski definition) is 6. The van der Waals surface area contributed by atoms with Crippen LogP contribution in [0.5, 0.6) is 17.2 Å². The number of benzene rings is 1. The maximum atomic E-state index is 12.3. The number of ether oxygens (including phenoxy) is 2. The average Bonchev–Trinajstić information content (AvgIpc) is 3.51. The first-order chi connectivity index (χ1) is 12.6. The zero-order chi connectivity index (χ0) is 18.3. The van der Waals surface area contributed by atoms with E-state index in [0.717, 1.165) is 17.8 Å². The van der Waals surface area contributed by atoms with Gasteiger partial charge in [-0.1, -0.05) is 18.3 Å². The molecule has 2 aliphatic rings. The lowest BCUT2D eigenvalue weighted by Gasteiger charge is -2.26. The zero-order valence-electron chi connectivity index (χ0n) is 14.4. The van der Waals surface area contributed by atoms with Crippen molar-refractivity contribution in [1.82, 2.24) is 10.3 Å². The van der Waals surface area contributed by atoms with Crippen molar-refractivity contribution in [3.8, 4) is 17.2 Å². The number of amides is 1. The van der Waals surface area contributed by atoms with Crippen LogP contribution >= 0.6 is 12.2 Å². The first-order valence-electron chi connectivity index (χ1n) is 8.30. The van der Waals surface area contributed by atoms with Crippen LogP contribution in [0, 0.1) is 5.92 Å². The van der Waals surface area contributed by atoms with Crippen LogP contribution in [0.2, 0.25) is 0 Å². The maximum Gasteiger partial charge on any atom is 0.254 e. The molecule has 4 rings (SSSR count). The summed E-state index contributed by atoms with van der Waals surface area (Å²) in [5, 5.41) is 9.06. The Morgan fingerprint density at radius 3 is 2.88 bits per heavy atom. The maximum absolute atomic E-state index is 12.3. The van der Waals surface area contributed by atoms with E-state index in [1.807, 2.05) is 18.2 Å². The predicted octanol–water partition coefficient (Wildman–Crippen LogP) is 3.45. The summed E-state index contributed by atoms with van der Waals surface area (Å²) in [7, 11) is 3.15. The molecule has 1 amide bonds. The van der Waals surface area contributed by atoms with Crippen LogP contribution in [0.4, 0.5) is 17.2 Å². The van der Waals surface area contributed by atoms with Gasteiger partial charge in [-0.15, -0.1) is 0 Å². The van der Waals surface area contributed by atoms with E-state index in [-0.39, 0.29) is 5.91 Å². The fourth-order valence-corrected chi connectivity index (χ4v) is 3.13. The van der Waals surface area contributed by atoms with Gasteiger partial charge in [-0.3, -0.25) is 4.79 Å². The second-order valence-electron chi connectivity index (χ2n) is 6.13. The van der Waals surface area contributed by atoms with Gasteiger partial charge in [0.1, 0.15) is 17.1 Å². The number of hydrogen-bond donors (Lipinski definition) is 3. The Bertz CT molecular complexity index is 912. The number of thiocarbonyl (C=S) groups is 1. The molecule has 8 heteroatoms. The highest BCUT2D eigenvalue weighted by molar-refractivity contribution is 7.80. The topological polar surface area (TPSA) is 84.5 Å². The Hall–Kier alpha value is -2.87. The van der Waals surface area contributed by atoms with Crippen LogP contribution < -0.4 is 25.4 Å². The summed E-state index contributed by atoms with van der Waals surface area (Å²) in [5.74, 6) is 2.27. The number of methoxy groups -OCH3 is 1. The van der Waals surface area contributed by atoms with Gasteiger partial charge >= 0.3 is 0 Å². The standard InChI is InChI=1S/C18H18N4O3S/c1-19-17(23)10-8-20-16(22-18(26)9-6-7-9)15-13(10)21-14-11(24-2)4-3-5-12(14)25-15/h3-5,8-9,21H,6-7H2,1-2H3,(H,19,23)(H,20,22,26). The van der Waals surface area contributed by atoms with Gasteiger partial charge in [0, 0.05) is 19.2 Å². The highest BCUT2D eigenvalue weighted by Crippen LogP contribution is 2.50. The van der Waals surface area contributed by atoms with Crippen molar-refractivity contribution >= 4 is 40.3 Å². The monoisotopic (exact) mass is 370 g/mol. The Kier molecular flexibility index (Phi) is 4.12. The molecule has 1 aliphatic heterocycles. The summed E-state index contributed by atoms with van der Waals surface area (Å²) in [6.45, 7) is 0. The lowest BCUT2D eigenvalue weighted by molar-refractivity contribution is 0.0963. The van der Waals surface area contributed by atoms with Crippen LogP contribution in [-0.4, -0.2) is 30.0 Å². The van der Waals surface area contributed by atoms with Gasteiger partial charge in [-0.25, -0.2) is 4.98 Å². The third-order valence-corrected chi connectivity index (χ3v) is 4.80. The van der Waals surface area contributed by atoms with E-state index in [1.54, 1.807) is 14.2 Å². The van der Waals surface area contributed by atoms with Crippen molar-refractivity contribution < 1.29 is 14.3 Å². The Labute approximate surface area is 156 Å². The number of pyridine rings is 1. The van der Waals surface area contributed by atoms with E-state index in [9.17, 15) is 4.79 Å². The number of para-hydroxylation sites is 1. The molecule has 3 N–H and O–H groups in total. The summed E-state index contributed by atoms with van der Waals surface area (Å²) in [6, 6.07) is 5.48. The fraction of sp³-hybridized carbons (Fsp3) is 0.278. The minimum absolute atomic E-state index is 0.264. The van der Waals surface area contributed by atoms with E-state index < -0.39 is 0 Å². The van der Waals surface area contributed by atoms with Gasteiger partial charge in [0.25, 0.3) is 5.91 Å². The molecule has 1 aliphatic carbocycles. The van der Waals surface area contributed by atoms with Crippen LogP contribution in [-0.2, 0) is 0 Å². The lowest BCUT2D eigenvalue weighted by Crippen LogP contribution is -2.22. The summed E-state index contributed by atoms with van der Waals surface area (Å²) in [5.41, 5.74) is 1.56. The van der Waals surface area contributed by atoms with Gasteiger partial charge in [0.2, 0.25) is 0 Å². The Morgan fingerprint density at radius 1 is 1.38 bits per heavy atom. The van der Waals surface area contributed by atoms with Gasteiger partial charge < -0.3 is 25.4 Å². The second kappa shape index (κ2) is 6.45. The number of nitrogens with zero attached hydrogens (tertiary/aromatic N) is 1. The molecule has 0 atom stereocenters. The molecule has 26 heavy (non-hydrogen) atoms. The average molecular weight is 370 g/mol. The summed E-state index contributed by atoms with van der Waals surface area (Å²) in [4.78, 5) is 17.4. The molecule has 1 fully saturated rings. The minimum atomic E-state index is -0.264. The quantitative estimate of drug-likeness (QED) is 0.607. The van der Waals surface area contributed by atoms with Crippen LogP contribution in [0.25, 0.3) is 0 Å². The van der Waals surface area contributed by atoms with Crippen LogP contribution in [0.15, 0.2) is 24.4 Å². The normalized spacial score (nSPS) is 14.2. The SMILES string of the molecule is CNC(=O)c1cnc(NC(=S)C2CC2)c2c1Nc1c(OC)cccc1O2. The Balaban J connectivity index is 1.80. The molecule has 1 aromatic carbocycles. The molecular weight excluding hydrogens is 352 g/mol. The molecule has 0 spiro atoms. The van der Waals surface area contributed by atoms with Crippen molar-refractivity contribution in [2.24, 2.45) is 5.92 Å². The second-order valence-corrected chi connectivity index (χ2v) is 6.57. The molecule has 0 bridgehead atoms. The fourth-order valence-electron chi connectivity index (χ4n) is 2.80. The van der Waals surface area contributed by atoms with Crippen molar-refractivity contribution in [2.45, 2.75) is 12.8 Å². The van der Waals surface area contributed by atoms with E-state index >= 15 is 0 Å². The molecule has 134 valence electrons. The van der Waals surface area contributed by atoms with Crippen molar-refractivity contribution in [2.75, 3.05) is 24.8 Å². The van der Waals surface area contributed by atoms with Crippen LogP contribution in [0.1, 0.15) is 23.2 Å². The van der Waals surface area contributed by atoms with Crippen molar-refractivity contribution in [1.29, 1.82) is 0 Å². The van der Waals surface area contributed by atoms with Crippen molar-refractivity contribution in [3.63, 3.8) is 0 Å². The van der Waals surface area contributed by atoms with Gasteiger partial charge in [0.15, 0.2) is 17.3 Å². The molecule has 7 nitrogen and oxygen atoms in total. The number of fused-ring (bicyclic) bond motifs is 2. The van der Waals surface area contributed by atoms with E-state index in [4.69, 9.17) is 21.7 Å². The van der Waals surface area contributed by atoms with E-state index in [1.165, 1.54) is 6.20 Å². The number of carbonyl (C=O) groups excluding carboxylic acids is 1.